The molecule has 0 amide bonds. The summed E-state index contributed by atoms with van der Waals surface area (Å²) in [5, 5.41) is 9.49. The lowest BCUT2D eigenvalue weighted by Gasteiger charge is -2.24. The molecule has 4 heteroatoms. The zero-order valence-corrected chi connectivity index (χ0v) is 11.5. The minimum atomic E-state index is -0.856. The van der Waals surface area contributed by atoms with Gasteiger partial charge in [-0.25, -0.2) is 4.39 Å². The van der Waals surface area contributed by atoms with Crippen LogP contribution in [0.4, 0.5) is 10.1 Å². The van der Waals surface area contributed by atoms with Gasteiger partial charge in [0.2, 0.25) is 0 Å². The maximum atomic E-state index is 13.4. The van der Waals surface area contributed by atoms with Gasteiger partial charge in [-0.3, -0.25) is 4.79 Å². The van der Waals surface area contributed by atoms with Gasteiger partial charge < -0.3 is 10.0 Å². The van der Waals surface area contributed by atoms with Crippen molar-refractivity contribution in [2.75, 3.05) is 18.0 Å². The molecule has 1 aliphatic rings. The van der Waals surface area contributed by atoms with Crippen LogP contribution in [0.2, 0.25) is 0 Å². The predicted molar refractivity (Wildman–Crippen MR) is 79.1 cm³/mol. The Hall–Kier alpha value is -2.36. The second-order valence-electron chi connectivity index (χ2n) is 5.27. The first-order valence-corrected chi connectivity index (χ1v) is 6.96. The lowest BCUT2D eigenvalue weighted by molar-refractivity contribution is -0.138. The summed E-state index contributed by atoms with van der Waals surface area (Å²) in [4.78, 5) is 13.5. The van der Waals surface area contributed by atoms with Gasteiger partial charge >= 0.3 is 5.97 Å². The zero-order valence-electron chi connectivity index (χ0n) is 11.5. The number of fused-ring (bicyclic) bond motifs is 1. The summed E-state index contributed by atoms with van der Waals surface area (Å²) >= 11 is 0. The van der Waals surface area contributed by atoms with Gasteiger partial charge in [0, 0.05) is 18.8 Å². The molecule has 21 heavy (non-hydrogen) atoms. The van der Waals surface area contributed by atoms with Gasteiger partial charge in [-0.2, -0.15) is 0 Å². The zero-order chi connectivity index (χ0) is 14.8. The lowest BCUT2D eigenvalue weighted by Crippen LogP contribution is -2.30. The van der Waals surface area contributed by atoms with Crippen molar-refractivity contribution in [3.05, 3.63) is 65.5 Å². The third-order valence-electron chi connectivity index (χ3n) is 3.94. The third-order valence-corrected chi connectivity index (χ3v) is 3.94. The van der Waals surface area contributed by atoms with Gasteiger partial charge in [-0.15, -0.1) is 0 Å². The Morgan fingerprint density at radius 1 is 1.24 bits per heavy atom. The van der Waals surface area contributed by atoms with Crippen LogP contribution in [-0.2, 0) is 11.2 Å². The summed E-state index contributed by atoms with van der Waals surface area (Å²) in [5.41, 5.74) is 2.67. The molecule has 0 saturated carbocycles. The summed E-state index contributed by atoms with van der Waals surface area (Å²) in [6.07, 6.45) is 0.830. The Morgan fingerprint density at radius 3 is 2.71 bits per heavy atom. The predicted octanol–water partition coefficient (Wildman–Crippen LogP) is 3.06. The van der Waals surface area contributed by atoms with E-state index in [1.54, 1.807) is 6.07 Å². The quantitative estimate of drug-likeness (QED) is 0.938. The largest absolute Gasteiger partial charge is 0.481 e. The SMILES string of the molecule is O=C(O)C(CN1CCc2ccc(F)cc21)c1ccccc1. The fourth-order valence-corrected chi connectivity index (χ4v) is 2.84. The molecule has 2 aromatic rings. The highest BCUT2D eigenvalue weighted by Crippen LogP contribution is 2.31. The van der Waals surface area contributed by atoms with Crippen LogP contribution in [0.5, 0.6) is 0 Å². The van der Waals surface area contributed by atoms with Gasteiger partial charge in [0.25, 0.3) is 0 Å². The Bertz CT molecular complexity index is 657. The minimum Gasteiger partial charge on any atom is -0.481 e. The van der Waals surface area contributed by atoms with Gasteiger partial charge in [0.1, 0.15) is 5.82 Å². The van der Waals surface area contributed by atoms with Crippen LogP contribution in [-0.4, -0.2) is 24.2 Å². The fraction of sp³-hybridized carbons (Fsp3) is 0.235. The number of rotatable bonds is 4. The van der Waals surface area contributed by atoms with Gasteiger partial charge in [0.15, 0.2) is 0 Å². The topological polar surface area (TPSA) is 40.5 Å². The number of carbonyl (C=O) groups is 1. The number of hydrogen-bond donors (Lipinski definition) is 1. The highest BCUT2D eigenvalue weighted by Gasteiger charge is 2.27. The number of halogens is 1. The second-order valence-corrected chi connectivity index (χ2v) is 5.27. The highest BCUT2D eigenvalue weighted by molar-refractivity contribution is 5.77. The molecule has 0 spiro atoms. The molecule has 0 radical (unpaired) electrons. The molecule has 0 fully saturated rings. The summed E-state index contributed by atoms with van der Waals surface area (Å²) in [6, 6.07) is 13.9. The van der Waals surface area contributed by atoms with Crippen LogP contribution >= 0.6 is 0 Å². The van der Waals surface area contributed by atoms with Crippen LogP contribution in [0.15, 0.2) is 48.5 Å². The Balaban J connectivity index is 1.86. The lowest BCUT2D eigenvalue weighted by atomic mass is 9.98. The minimum absolute atomic E-state index is 0.285. The number of anilines is 1. The molecule has 2 aromatic carbocycles. The molecule has 0 bridgehead atoms. The van der Waals surface area contributed by atoms with Crippen molar-refractivity contribution in [1.29, 1.82) is 0 Å². The Morgan fingerprint density at radius 2 is 2.00 bits per heavy atom. The standard InChI is InChI=1S/C17H16FNO2/c18-14-7-6-13-8-9-19(16(13)10-14)11-15(17(20)21)12-4-2-1-3-5-12/h1-7,10,15H,8-9,11H2,(H,20,21). The van der Waals surface area contributed by atoms with Crippen LogP contribution in [0.25, 0.3) is 0 Å². The molecular formula is C17H16FNO2. The van der Waals surface area contributed by atoms with Crippen LogP contribution in [0.3, 0.4) is 0 Å². The maximum Gasteiger partial charge on any atom is 0.312 e. The van der Waals surface area contributed by atoms with Crippen molar-refractivity contribution in [2.45, 2.75) is 12.3 Å². The average Bonchev–Trinajstić information content (AvgIpc) is 2.87. The molecular weight excluding hydrogens is 269 g/mol. The van der Waals surface area contributed by atoms with E-state index in [0.717, 1.165) is 29.8 Å². The van der Waals surface area contributed by atoms with Gasteiger partial charge in [0.05, 0.1) is 5.92 Å². The first kappa shape index (κ1) is 13.6. The van der Waals surface area contributed by atoms with Crippen LogP contribution < -0.4 is 4.90 Å². The van der Waals surface area contributed by atoms with E-state index in [0.29, 0.717) is 6.54 Å². The van der Waals surface area contributed by atoms with Crippen LogP contribution in [0, 0.1) is 5.82 Å². The summed E-state index contributed by atoms with van der Waals surface area (Å²) in [6.45, 7) is 1.09. The fourth-order valence-electron chi connectivity index (χ4n) is 2.84. The van der Waals surface area contributed by atoms with Gasteiger partial charge in [-0.1, -0.05) is 36.4 Å². The highest BCUT2D eigenvalue weighted by atomic mass is 19.1. The summed E-state index contributed by atoms with van der Waals surface area (Å²) < 4.78 is 13.4. The molecule has 1 heterocycles. The van der Waals surface area contributed by atoms with E-state index in [4.69, 9.17) is 0 Å². The third kappa shape index (κ3) is 2.75. The van der Waals surface area contributed by atoms with Crippen molar-refractivity contribution in [3.63, 3.8) is 0 Å². The molecule has 1 N–H and O–H groups in total. The first-order chi connectivity index (χ1) is 10.1. The number of carboxylic acid groups (broad SMARTS) is 1. The van der Waals surface area contributed by atoms with E-state index >= 15 is 0 Å². The van der Waals surface area contributed by atoms with Crippen molar-refractivity contribution >= 4 is 11.7 Å². The Kier molecular flexibility index (Phi) is 3.60. The molecule has 3 nitrogen and oxygen atoms in total. The van der Waals surface area contributed by atoms with E-state index in [1.165, 1.54) is 12.1 Å². The molecule has 1 unspecified atom stereocenters. The molecule has 0 aromatic heterocycles. The van der Waals surface area contributed by atoms with Crippen molar-refractivity contribution in [2.24, 2.45) is 0 Å². The molecule has 0 saturated heterocycles. The van der Waals surface area contributed by atoms with Crippen molar-refractivity contribution in [3.8, 4) is 0 Å². The van der Waals surface area contributed by atoms with E-state index in [2.05, 4.69) is 0 Å². The van der Waals surface area contributed by atoms with Crippen molar-refractivity contribution in [1.82, 2.24) is 0 Å². The molecule has 3 rings (SSSR count). The van der Waals surface area contributed by atoms with E-state index in [9.17, 15) is 14.3 Å². The monoisotopic (exact) mass is 285 g/mol. The number of aliphatic carboxylic acids is 1. The molecule has 1 aliphatic heterocycles. The number of hydrogen-bond acceptors (Lipinski definition) is 2. The average molecular weight is 285 g/mol. The maximum absolute atomic E-state index is 13.4. The Labute approximate surface area is 122 Å². The molecule has 0 aliphatic carbocycles. The molecule has 108 valence electrons. The van der Waals surface area contributed by atoms with E-state index in [1.807, 2.05) is 35.2 Å². The number of carboxylic acids is 1. The number of benzene rings is 2. The smallest absolute Gasteiger partial charge is 0.312 e. The van der Waals surface area contributed by atoms with E-state index < -0.39 is 11.9 Å². The van der Waals surface area contributed by atoms with Crippen LogP contribution in [0.1, 0.15) is 17.0 Å². The summed E-state index contributed by atoms with van der Waals surface area (Å²) in [5.74, 6) is -1.75. The molecule has 1 atom stereocenters. The van der Waals surface area contributed by atoms with Gasteiger partial charge in [-0.05, 0) is 29.7 Å². The van der Waals surface area contributed by atoms with E-state index in [-0.39, 0.29) is 5.82 Å². The number of nitrogens with zero attached hydrogens (tertiary/aromatic N) is 1. The first-order valence-electron chi connectivity index (χ1n) is 6.96. The summed E-state index contributed by atoms with van der Waals surface area (Å²) in [7, 11) is 0. The normalized spacial score (nSPS) is 14.8. The second kappa shape index (κ2) is 5.56. The van der Waals surface area contributed by atoms with Crippen molar-refractivity contribution < 1.29 is 14.3 Å².